The quantitative estimate of drug-likeness (QED) is 0.641. The number of hydrogen-bond donors (Lipinski definition) is 2. The van der Waals surface area contributed by atoms with Gasteiger partial charge < -0.3 is 14.9 Å². The first-order valence-corrected chi connectivity index (χ1v) is 4.08. The third-order valence-electron chi connectivity index (χ3n) is 2.56. The van der Waals surface area contributed by atoms with Gasteiger partial charge >= 0.3 is 5.97 Å². The van der Waals surface area contributed by atoms with Crippen molar-refractivity contribution in [2.24, 2.45) is 5.41 Å². The van der Waals surface area contributed by atoms with E-state index in [0.717, 1.165) is 6.42 Å². The average Bonchev–Trinajstić information content (AvgIpc) is 1.83. The van der Waals surface area contributed by atoms with Gasteiger partial charge in [-0.1, -0.05) is 6.92 Å². The molecule has 0 amide bonds. The summed E-state index contributed by atoms with van der Waals surface area (Å²) >= 11 is 0. The van der Waals surface area contributed by atoms with E-state index in [4.69, 9.17) is 9.84 Å². The maximum atomic E-state index is 10.3. The zero-order valence-corrected chi connectivity index (χ0v) is 7.12. The topological polar surface area (TPSA) is 66.8 Å². The predicted molar refractivity (Wildman–Crippen MR) is 41.8 cm³/mol. The summed E-state index contributed by atoms with van der Waals surface area (Å²) in [5, 5.41) is 18.0. The van der Waals surface area contributed by atoms with Gasteiger partial charge in [-0.3, -0.25) is 4.79 Å². The fraction of sp³-hybridized carbons (Fsp3) is 0.875. The van der Waals surface area contributed by atoms with Crippen molar-refractivity contribution in [3.63, 3.8) is 0 Å². The van der Waals surface area contributed by atoms with Crippen molar-refractivity contribution < 1.29 is 19.7 Å². The Balaban J connectivity index is 2.48. The first-order valence-electron chi connectivity index (χ1n) is 4.08. The lowest BCUT2D eigenvalue weighted by Crippen LogP contribution is -2.51. The van der Waals surface area contributed by atoms with E-state index in [0.29, 0.717) is 13.2 Å². The monoisotopic (exact) mass is 174 g/mol. The van der Waals surface area contributed by atoms with Gasteiger partial charge in [0.2, 0.25) is 0 Å². The van der Waals surface area contributed by atoms with Crippen LogP contribution in [0.15, 0.2) is 0 Å². The average molecular weight is 174 g/mol. The fourth-order valence-electron chi connectivity index (χ4n) is 1.38. The zero-order valence-electron chi connectivity index (χ0n) is 7.12. The lowest BCUT2D eigenvalue weighted by molar-refractivity contribution is -0.180. The van der Waals surface area contributed by atoms with Crippen LogP contribution < -0.4 is 0 Å². The summed E-state index contributed by atoms with van der Waals surface area (Å²) in [5.41, 5.74) is -0.293. The van der Waals surface area contributed by atoms with E-state index >= 15 is 0 Å². The van der Waals surface area contributed by atoms with Gasteiger partial charge in [-0.05, 0) is 6.42 Å². The molecule has 1 rings (SSSR count). The first-order chi connectivity index (χ1) is 5.60. The lowest BCUT2D eigenvalue weighted by Gasteiger charge is -2.43. The number of carboxylic acid groups (broad SMARTS) is 1. The molecular formula is C8H14O4. The minimum atomic E-state index is -0.956. The Morgan fingerprint density at radius 3 is 2.50 bits per heavy atom. The second-order valence-electron chi connectivity index (χ2n) is 3.32. The van der Waals surface area contributed by atoms with Crippen molar-refractivity contribution in [1.82, 2.24) is 0 Å². The Labute approximate surface area is 71.2 Å². The number of hydrogen-bond acceptors (Lipinski definition) is 3. The van der Waals surface area contributed by atoms with Crippen molar-refractivity contribution in [1.29, 1.82) is 0 Å². The summed E-state index contributed by atoms with van der Waals surface area (Å²) in [6.07, 6.45) is -0.188. The van der Waals surface area contributed by atoms with Gasteiger partial charge in [0.1, 0.15) is 0 Å². The normalized spacial score (nSPS) is 22.8. The molecule has 0 aromatic heterocycles. The maximum absolute atomic E-state index is 10.3. The number of aliphatic carboxylic acids is 1. The minimum Gasteiger partial charge on any atom is -0.481 e. The van der Waals surface area contributed by atoms with Gasteiger partial charge in [0.15, 0.2) is 0 Å². The van der Waals surface area contributed by atoms with Crippen LogP contribution in [0.25, 0.3) is 0 Å². The molecule has 0 aliphatic carbocycles. The Kier molecular flexibility index (Phi) is 2.69. The van der Waals surface area contributed by atoms with Crippen LogP contribution in [0.3, 0.4) is 0 Å². The van der Waals surface area contributed by atoms with Crippen LogP contribution in [0.5, 0.6) is 0 Å². The van der Waals surface area contributed by atoms with Gasteiger partial charge in [0, 0.05) is 5.41 Å². The highest BCUT2D eigenvalue weighted by molar-refractivity contribution is 5.67. The molecule has 1 saturated heterocycles. The standard InChI is InChI=1S/C8H14O4/c1-2-8(4-12-5-8)6(9)3-7(10)11/h6,9H,2-5H2,1H3,(H,10,11)/t6-/m0/s1. The third kappa shape index (κ3) is 1.59. The van der Waals surface area contributed by atoms with Crippen LogP contribution in [-0.4, -0.2) is 35.5 Å². The van der Waals surface area contributed by atoms with E-state index in [-0.39, 0.29) is 11.8 Å². The Morgan fingerprint density at radius 2 is 2.25 bits per heavy atom. The summed E-state index contributed by atoms with van der Waals surface area (Å²) in [5.74, 6) is -0.956. The van der Waals surface area contributed by atoms with E-state index < -0.39 is 12.1 Å². The molecule has 0 aromatic rings. The number of aliphatic hydroxyl groups excluding tert-OH is 1. The molecule has 4 heteroatoms. The molecule has 0 radical (unpaired) electrons. The van der Waals surface area contributed by atoms with Crippen LogP contribution in [0, 0.1) is 5.41 Å². The van der Waals surface area contributed by atoms with Gasteiger partial charge in [0.25, 0.3) is 0 Å². The molecule has 0 aromatic carbocycles. The Bertz CT molecular complexity index is 168. The molecular weight excluding hydrogens is 160 g/mol. The van der Waals surface area contributed by atoms with Crippen molar-refractivity contribution in [3.8, 4) is 0 Å². The number of carbonyl (C=O) groups is 1. The van der Waals surface area contributed by atoms with Crippen LogP contribution in [0.4, 0.5) is 0 Å². The number of aliphatic hydroxyl groups is 1. The van der Waals surface area contributed by atoms with Gasteiger partial charge in [-0.15, -0.1) is 0 Å². The molecule has 1 aliphatic heterocycles. The Morgan fingerprint density at radius 1 is 1.67 bits per heavy atom. The van der Waals surface area contributed by atoms with E-state index in [1.54, 1.807) is 0 Å². The first kappa shape index (κ1) is 9.48. The highest BCUT2D eigenvalue weighted by Gasteiger charge is 2.44. The number of carboxylic acids is 1. The fourth-order valence-corrected chi connectivity index (χ4v) is 1.38. The highest BCUT2D eigenvalue weighted by atomic mass is 16.5. The van der Waals surface area contributed by atoms with Gasteiger partial charge in [-0.25, -0.2) is 0 Å². The zero-order chi connectivity index (χ0) is 9.19. The summed E-state index contributed by atoms with van der Waals surface area (Å²) in [4.78, 5) is 10.3. The summed E-state index contributed by atoms with van der Waals surface area (Å²) in [7, 11) is 0. The molecule has 1 aliphatic rings. The van der Waals surface area contributed by atoms with Gasteiger partial charge in [0.05, 0.1) is 25.7 Å². The second kappa shape index (κ2) is 3.41. The molecule has 0 spiro atoms. The van der Waals surface area contributed by atoms with E-state index in [2.05, 4.69) is 0 Å². The SMILES string of the molecule is CCC1([C@@H](O)CC(=O)O)COC1. The molecule has 2 N–H and O–H groups in total. The van der Waals surface area contributed by atoms with Crippen LogP contribution in [0.1, 0.15) is 19.8 Å². The van der Waals surface area contributed by atoms with Crippen molar-refractivity contribution in [2.45, 2.75) is 25.9 Å². The second-order valence-corrected chi connectivity index (χ2v) is 3.32. The van der Waals surface area contributed by atoms with E-state index in [9.17, 15) is 9.90 Å². The molecule has 1 heterocycles. The van der Waals surface area contributed by atoms with Crippen LogP contribution in [-0.2, 0) is 9.53 Å². The molecule has 70 valence electrons. The highest BCUT2D eigenvalue weighted by Crippen LogP contribution is 2.36. The van der Waals surface area contributed by atoms with Crippen molar-refractivity contribution in [2.75, 3.05) is 13.2 Å². The lowest BCUT2D eigenvalue weighted by atomic mass is 9.76. The predicted octanol–water partition coefficient (Wildman–Crippen LogP) is 0.249. The molecule has 0 unspecified atom stereocenters. The summed E-state index contributed by atoms with van der Waals surface area (Å²) < 4.78 is 4.98. The summed E-state index contributed by atoms with van der Waals surface area (Å²) in [6.45, 7) is 2.91. The third-order valence-corrected chi connectivity index (χ3v) is 2.56. The Hall–Kier alpha value is -0.610. The van der Waals surface area contributed by atoms with Crippen molar-refractivity contribution >= 4 is 5.97 Å². The van der Waals surface area contributed by atoms with Gasteiger partial charge in [-0.2, -0.15) is 0 Å². The van der Waals surface area contributed by atoms with Crippen LogP contribution >= 0.6 is 0 Å². The molecule has 0 saturated carbocycles. The number of rotatable bonds is 4. The smallest absolute Gasteiger partial charge is 0.305 e. The molecule has 1 atom stereocenters. The van der Waals surface area contributed by atoms with E-state index in [1.807, 2.05) is 6.92 Å². The van der Waals surface area contributed by atoms with E-state index in [1.165, 1.54) is 0 Å². The maximum Gasteiger partial charge on any atom is 0.305 e. The van der Waals surface area contributed by atoms with Crippen molar-refractivity contribution in [3.05, 3.63) is 0 Å². The summed E-state index contributed by atoms with van der Waals surface area (Å²) in [6, 6.07) is 0. The molecule has 12 heavy (non-hydrogen) atoms. The van der Waals surface area contributed by atoms with Crippen LogP contribution in [0.2, 0.25) is 0 Å². The molecule has 0 bridgehead atoms. The minimum absolute atomic E-state index is 0.183. The number of ether oxygens (including phenoxy) is 1. The molecule has 1 fully saturated rings. The largest absolute Gasteiger partial charge is 0.481 e. The molecule has 4 nitrogen and oxygen atoms in total.